The lowest BCUT2D eigenvalue weighted by molar-refractivity contribution is 1.41. The van der Waals surface area contributed by atoms with Crippen LogP contribution in [0.5, 0.6) is 0 Å². The van der Waals surface area contributed by atoms with Gasteiger partial charge in [-0.05, 0) is 18.2 Å². The second kappa shape index (κ2) is 3.78. The average Bonchev–Trinajstić information content (AvgIpc) is 2.07. The van der Waals surface area contributed by atoms with Gasteiger partial charge in [-0.15, -0.1) is 0 Å². The Bertz CT molecular complexity index is 388. The number of nitrogens with two attached hydrogens (primary N) is 2. The summed E-state index contributed by atoms with van der Waals surface area (Å²) in [6, 6.07) is 6.64. The standard InChI is InChI=1S/C8H7ClN4/c9-7-2-1-6(13-8(11)12)3-5(7)4-10/h1-3H,(H4,11,12,13). The van der Waals surface area contributed by atoms with Crippen molar-refractivity contribution >= 4 is 23.2 Å². The third-order valence-electron chi connectivity index (χ3n) is 1.33. The predicted molar refractivity (Wildman–Crippen MR) is 51.6 cm³/mol. The van der Waals surface area contributed by atoms with Gasteiger partial charge in [-0.2, -0.15) is 5.26 Å². The van der Waals surface area contributed by atoms with Crippen LogP contribution in [-0.2, 0) is 0 Å². The van der Waals surface area contributed by atoms with Crippen LogP contribution in [0.15, 0.2) is 23.2 Å². The molecule has 4 nitrogen and oxygen atoms in total. The van der Waals surface area contributed by atoms with Crippen molar-refractivity contribution in [2.24, 2.45) is 16.5 Å². The molecule has 1 aromatic carbocycles. The summed E-state index contributed by atoms with van der Waals surface area (Å²) in [5.41, 5.74) is 11.2. The molecule has 66 valence electrons. The van der Waals surface area contributed by atoms with E-state index in [2.05, 4.69) is 4.99 Å². The van der Waals surface area contributed by atoms with E-state index in [1.165, 1.54) is 6.07 Å². The second-order valence-corrected chi connectivity index (χ2v) is 2.72. The Labute approximate surface area is 80.4 Å². The van der Waals surface area contributed by atoms with Gasteiger partial charge in [0.2, 0.25) is 0 Å². The molecule has 0 spiro atoms. The van der Waals surface area contributed by atoms with Gasteiger partial charge in [0, 0.05) is 0 Å². The molecule has 5 heteroatoms. The highest BCUT2D eigenvalue weighted by Crippen LogP contribution is 2.21. The minimum atomic E-state index is -0.0498. The number of benzene rings is 1. The molecular weight excluding hydrogens is 188 g/mol. The maximum atomic E-state index is 8.63. The van der Waals surface area contributed by atoms with Gasteiger partial charge in [-0.3, -0.25) is 0 Å². The van der Waals surface area contributed by atoms with Gasteiger partial charge in [0.25, 0.3) is 0 Å². The van der Waals surface area contributed by atoms with Crippen molar-refractivity contribution in [3.8, 4) is 6.07 Å². The lowest BCUT2D eigenvalue weighted by Crippen LogP contribution is -2.21. The molecule has 0 aliphatic carbocycles. The molecule has 13 heavy (non-hydrogen) atoms. The van der Waals surface area contributed by atoms with Crippen molar-refractivity contribution in [2.45, 2.75) is 0 Å². The van der Waals surface area contributed by atoms with Gasteiger partial charge in [0.15, 0.2) is 5.96 Å². The van der Waals surface area contributed by atoms with E-state index in [9.17, 15) is 0 Å². The lowest BCUT2D eigenvalue weighted by Gasteiger charge is -1.97. The summed E-state index contributed by atoms with van der Waals surface area (Å²) in [5.74, 6) is -0.0498. The number of nitrogens with zero attached hydrogens (tertiary/aromatic N) is 2. The molecular formula is C8H7ClN4. The third kappa shape index (κ3) is 2.36. The van der Waals surface area contributed by atoms with E-state index in [1.54, 1.807) is 12.1 Å². The molecule has 4 N–H and O–H groups in total. The Hall–Kier alpha value is -1.73. The molecule has 0 amide bonds. The van der Waals surface area contributed by atoms with E-state index in [1.807, 2.05) is 6.07 Å². The minimum Gasteiger partial charge on any atom is -0.370 e. The van der Waals surface area contributed by atoms with Crippen molar-refractivity contribution in [3.63, 3.8) is 0 Å². The molecule has 0 unspecified atom stereocenters. The smallest absolute Gasteiger partial charge is 0.191 e. The van der Waals surface area contributed by atoms with Crippen molar-refractivity contribution in [2.75, 3.05) is 0 Å². The zero-order chi connectivity index (χ0) is 9.84. The first kappa shape index (κ1) is 9.36. The molecule has 0 aromatic heterocycles. The summed E-state index contributed by atoms with van der Waals surface area (Å²) in [5, 5.41) is 9.02. The van der Waals surface area contributed by atoms with Crippen LogP contribution in [0.1, 0.15) is 5.56 Å². The van der Waals surface area contributed by atoms with Crippen molar-refractivity contribution in [1.29, 1.82) is 5.26 Å². The fourth-order valence-corrected chi connectivity index (χ4v) is 0.977. The Balaban J connectivity index is 3.16. The lowest BCUT2D eigenvalue weighted by atomic mass is 10.2. The highest BCUT2D eigenvalue weighted by Gasteiger charge is 1.99. The number of aliphatic imine (C=N–C) groups is 1. The zero-order valence-electron chi connectivity index (χ0n) is 6.66. The topological polar surface area (TPSA) is 88.2 Å². The first-order valence-corrected chi connectivity index (χ1v) is 3.80. The van der Waals surface area contributed by atoms with Gasteiger partial charge >= 0.3 is 0 Å². The molecule has 0 radical (unpaired) electrons. The van der Waals surface area contributed by atoms with Crippen LogP contribution < -0.4 is 11.5 Å². The zero-order valence-corrected chi connectivity index (χ0v) is 7.42. The SMILES string of the molecule is N#Cc1cc(N=C(N)N)ccc1Cl. The van der Waals surface area contributed by atoms with Crippen LogP contribution in [-0.4, -0.2) is 5.96 Å². The number of guanidine groups is 1. The van der Waals surface area contributed by atoms with E-state index in [-0.39, 0.29) is 5.96 Å². The molecule has 0 saturated carbocycles. The molecule has 0 bridgehead atoms. The van der Waals surface area contributed by atoms with Crippen molar-refractivity contribution < 1.29 is 0 Å². The molecule has 0 aliphatic heterocycles. The quantitative estimate of drug-likeness (QED) is 0.519. The fraction of sp³-hybridized carbons (Fsp3) is 0. The van der Waals surface area contributed by atoms with Crippen molar-refractivity contribution in [3.05, 3.63) is 28.8 Å². The Kier molecular flexibility index (Phi) is 2.72. The highest BCUT2D eigenvalue weighted by atomic mass is 35.5. The van der Waals surface area contributed by atoms with Crippen molar-refractivity contribution in [1.82, 2.24) is 0 Å². The molecule has 0 aliphatic rings. The Morgan fingerprint density at radius 1 is 1.46 bits per heavy atom. The molecule has 0 saturated heterocycles. The van der Waals surface area contributed by atoms with E-state index in [0.717, 1.165) is 0 Å². The van der Waals surface area contributed by atoms with Crippen LogP contribution in [0.25, 0.3) is 0 Å². The monoisotopic (exact) mass is 194 g/mol. The van der Waals surface area contributed by atoms with E-state index < -0.39 is 0 Å². The molecule has 1 rings (SSSR count). The maximum Gasteiger partial charge on any atom is 0.191 e. The average molecular weight is 195 g/mol. The van der Waals surface area contributed by atoms with Gasteiger partial charge in [-0.25, -0.2) is 4.99 Å². The van der Waals surface area contributed by atoms with Crippen LogP contribution in [0.3, 0.4) is 0 Å². The summed E-state index contributed by atoms with van der Waals surface area (Å²) < 4.78 is 0. The summed E-state index contributed by atoms with van der Waals surface area (Å²) in [4.78, 5) is 3.77. The third-order valence-corrected chi connectivity index (χ3v) is 1.66. The molecule has 0 atom stereocenters. The predicted octanol–water partition coefficient (Wildman–Crippen LogP) is 1.12. The van der Waals surface area contributed by atoms with Gasteiger partial charge in [0.05, 0.1) is 16.3 Å². The van der Waals surface area contributed by atoms with Gasteiger partial charge < -0.3 is 11.5 Å². The minimum absolute atomic E-state index is 0.0498. The Morgan fingerprint density at radius 2 is 2.15 bits per heavy atom. The Morgan fingerprint density at radius 3 is 2.69 bits per heavy atom. The van der Waals surface area contributed by atoms with Gasteiger partial charge in [-0.1, -0.05) is 11.6 Å². The number of halogens is 1. The molecule has 0 fully saturated rings. The number of hydrogen-bond donors (Lipinski definition) is 2. The van der Waals surface area contributed by atoms with E-state index in [0.29, 0.717) is 16.3 Å². The molecule has 0 heterocycles. The highest BCUT2D eigenvalue weighted by molar-refractivity contribution is 6.31. The summed E-state index contributed by atoms with van der Waals surface area (Å²) in [6.07, 6.45) is 0. The second-order valence-electron chi connectivity index (χ2n) is 2.31. The number of hydrogen-bond acceptors (Lipinski definition) is 2. The van der Waals surface area contributed by atoms with Crippen LogP contribution in [0.2, 0.25) is 5.02 Å². The first-order valence-electron chi connectivity index (χ1n) is 3.43. The number of nitriles is 1. The van der Waals surface area contributed by atoms with Gasteiger partial charge in [0.1, 0.15) is 6.07 Å². The summed E-state index contributed by atoms with van der Waals surface area (Å²) >= 11 is 5.70. The summed E-state index contributed by atoms with van der Waals surface area (Å²) in [7, 11) is 0. The van der Waals surface area contributed by atoms with Crippen LogP contribution >= 0.6 is 11.6 Å². The van der Waals surface area contributed by atoms with Crippen LogP contribution in [0, 0.1) is 11.3 Å². The maximum absolute atomic E-state index is 8.63. The van der Waals surface area contributed by atoms with Crippen LogP contribution in [0.4, 0.5) is 5.69 Å². The largest absolute Gasteiger partial charge is 0.370 e. The normalized spacial score (nSPS) is 8.92. The first-order chi connectivity index (χ1) is 6.13. The summed E-state index contributed by atoms with van der Waals surface area (Å²) in [6.45, 7) is 0. The van der Waals surface area contributed by atoms with E-state index in [4.69, 9.17) is 28.3 Å². The molecule has 1 aromatic rings. The van der Waals surface area contributed by atoms with E-state index >= 15 is 0 Å². The number of rotatable bonds is 1. The fourth-order valence-electron chi connectivity index (χ4n) is 0.818.